The van der Waals surface area contributed by atoms with Gasteiger partial charge in [-0.25, -0.2) is 4.98 Å². The molecule has 2 rings (SSSR count). The number of aromatic nitrogens is 1. The van der Waals surface area contributed by atoms with Gasteiger partial charge >= 0.3 is 0 Å². The number of aryl methyl sites for hydroxylation is 1. The van der Waals surface area contributed by atoms with Crippen LogP contribution in [-0.2, 0) is 6.42 Å². The first-order valence-electron chi connectivity index (χ1n) is 8.15. The minimum Gasteiger partial charge on any atom is -0.340 e. The summed E-state index contributed by atoms with van der Waals surface area (Å²) in [6, 6.07) is 14.5. The molecule has 0 aliphatic rings. The van der Waals surface area contributed by atoms with Gasteiger partial charge in [0.15, 0.2) is 0 Å². The number of rotatable bonds is 9. The summed E-state index contributed by atoms with van der Waals surface area (Å²) in [4.78, 5) is 4.39. The normalized spacial score (nSPS) is 10.5. The average molecular weight is 282 g/mol. The molecule has 0 aliphatic heterocycles. The van der Waals surface area contributed by atoms with Crippen LogP contribution in [0.25, 0.3) is 0 Å². The maximum atomic E-state index is 4.39. The summed E-state index contributed by atoms with van der Waals surface area (Å²) in [5.41, 5.74) is 2.46. The highest BCUT2D eigenvalue weighted by molar-refractivity contribution is 5.56. The summed E-state index contributed by atoms with van der Waals surface area (Å²) in [5.74, 6) is 0.935. The Morgan fingerprint density at radius 3 is 2.48 bits per heavy atom. The van der Waals surface area contributed by atoms with Crippen molar-refractivity contribution in [2.75, 3.05) is 5.32 Å². The summed E-state index contributed by atoms with van der Waals surface area (Å²) >= 11 is 0. The molecule has 0 atom stereocenters. The first-order chi connectivity index (χ1) is 10.4. The van der Waals surface area contributed by atoms with Gasteiger partial charge in [0.25, 0.3) is 0 Å². The maximum Gasteiger partial charge on any atom is 0.130 e. The van der Waals surface area contributed by atoms with Gasteiger partial charge in [0.05, 0.1) is 0 Å². The molecule has 0 saturated carbocycles. The zero-order valence-electron chi connectivity index (χ0n) is 13.0. The first-order valence-corrected chi connectivity index (χ1v) is 8.15. The molecule has 0 spiro atoms. The van der Waals surface area contributed by atoms with Crippen LogP contribution in [0.5, 0.6) is 0 Å². The Labute approximate surface area is 128 Å². The van der Waals surface area contributed by atoms with Crippen molar-refractivity contribution < 1.29 is 0 Å². The van der Waals surface area contributed by atoms with Crippen molar-refractivity contribution in [1.29, 1.82) is 0 Å². The van der Waals surface area contributed by atoms with E-state index in [0.29, 0.717) is 0 Å². The number of hydrogen-bond acceptors (Lipinski definition) is 2. The molecule has 2 nitrogen and oxygen atoms in total. The number of pyridine rings is 1. The zero-order chi connectivity index (χ0) is 14.8. The number of para-hydroxylation sites is 1. The van der Waals surface area contributed by atoms with Crippen LogP contribution in [0.15, 0.2) is 48.7 Å². The Morgan fingerprint density at radius 2 is 1.67 bits per heavy atom. The van der Waals surface area contributed by atoms with Gasteiger partial charge in [0.1, 0.15) is 5.82 Å². The van der Waals surface area contributed by atoms with Crippen molar-refractivity contribution in [2.45, 2.75) is 51.9 Å². The molecule has 0 fully saturated rings. The number of hydrogen-bond donors (Lipinski definition) is 1. The Morgan fingerprint density at radius 1 is 0.905 bits per heavy atom. The Balaban J connectivity index is 1.78. The second-order valence-electron chi connectivity index (χ2n) is 5.56. The molecule has 1 N–H and O–H groups in total. The van der Waals surface area contributed by atoms with E-state index in [-0.39, 0.29) is 0 Å². The van der Waals surface area contributed by atoms with Gasteiger partial charge in [0, 0.05) is 11.9 Å². The van der Waals surface area contributed by atoms with Crippen molar-refractivity contribution in [2.24, 2.45) is 0 Å². The van der Waals surface area contributed by atoms with Gasteiger partial charge < -0.3 is 5.32 Å². The molecule has 2 heteroatoms. The van der Waals surface area contributed by atoms with Crippen LogP contribution in [0, 0.1) is 0 Å². The molecule has 1 heterocycles. The van der Waals surface area contributed by atoms with Crippen LogP contribution < -0.4 is 5.32 Å². The fourth-order valence-electron chi connectivity index (χ4n) is 2.48. The highest BCUT2D eigenvalue weighted by Crippen LogP contribution is 2.16. The molecule has 0 radical (unpaired) electrons. The maximum absolute atomic E-state index is 4.39. The molecule has 0 aliphatic carbocycles. The smallest absolute Gasteiger partial charge is 0.130 e. The van der Waals surface area contributed by atoms with E-state index in [4.69, 9.17) is 0 Å². The highest BCUT2D eigenvalue weighted by Gasteiger charge is 1.99. The van der Waals surface area contributed by atoms with Gasteiger partial charge in [-0.3, -0.25) is 0 Å². The van der Waals surface area contributed by atoms with E-state index < -0.39 is 0 Å². The van der Waals surface area contributed by atoms with Crippen LogP contribution in [0.1, 0.15) is 51.0 Å². The van der Waals surface area contributed by atoms with Crippen molar-refractivity contribution in [3.8, 4) is 0 Å². The minimum atomic E-state index is 0.935. The lowest BCUT2D eigenvalue weighted by Gasteiger charge is -2.07. The second-order valence-corrected chi connectivity index (χ2v) is 5.56. The Hall–Kier alpha value is -1.83. The predicted octanol–water partition coefficient (Wildman–Crippen LogP) is 5.73. The molecule has 0 bridgehead atoms. The summed E-state index contributed by atoms with van der Waals surface area (Å²) in [7, 11) is 0. The first kappa shape index (κ1) is 15.6. The number of benzene rings is 1. The molecule has 0 unspecified atom stereocenters. The molecule has 0 saturated heterocycles. The van der Waals surface area contributed by atoms with Crippen LogP contribution >= 0.6 is 0 Å². The van der Waals surface area contributed by atoms with Crippen LogP contribution in [-0.4, -0.2) is 4.98 Å². The standard InChI is InChI=1S/C19H26N2/c1-2-3-4-5-6-8-11-17-14-15-20-19(16-17)21-18-12-9-7-10-13-18/h7,9-10,12-16H,2-6,8,11H2,1H3,(H,20,21). The van der Waals surface area contributed by atoms with Gasteiger partial charge in [0.2, 0.25) is 0 Å². The number of unbranched alkanes of at least 4 members (excludes halogenated alkanes) is 5. The summed E-state index contributed by atoms with van der Waals surface area (Å²) in [6.07, 6.45) is 11.1. The van der Waals surface area contributed by atoms with E-state index in [2.05, 4.69) is 41.5 Å². The fourth-order valence-corrected chi connectivity index (χ4v) is 2.48. The van der Waals surface area contributed by atoms with Crippen molar-refractivity contribution in [1.82, 2.24) is 4.98 Å². The lowest BCUT2D eigenvalue weighted by Crippen LogP contribution is -1.95. The molecule has 0 amide bonds. The number of nitrogens with zero attached hydrogens (tertiary/aromatic N) is 1. The minimum absolute atomic E-state index is 0.935. The third-order valence-corrected chi connectivity index (χ3v) is 3.69. The summed E-state index contributed by atoms with van der Waals surface area (Å²) in [6.45, 7) is 2.26. The van der Waals surface area contributed by atoms with E-state index in [1.807, 2.05) is 24.4 Å². The average Bonchev–Trinajstić information content (AvgIpc) is 2.52. The molecule has 1 aromatic heterocycles. The number of anilines is 2. The van der Waals surface area contributed by atoms with Crippen molar-refractivity contribution in [3.05, 3.63) is 54.2 Å². The molecular formula is C19H26N2. The monoisotopic (exact) mass is 282 g/mol. The number of nitrogens with one attached hydrogen (secondary N) is 1. The fraction of sp³-hybridized carbons (Fsp3) is 0.421. The Kier molecular flexibility index (Phi) is 6.79. The van der Waals surface area contributed by atoms with Crippen molar-refractivity contribution >= 4 is 11.5 Å². The van der Waals surface area contributed by atoms with Gasteiger partial charge in [-0.1, -0.05) is 57.2 Å². The summed E-state index contributed by atoms with van der Waals surface area (Å²) in [5, 5.41) is 3.35. The third kappa shape index (κ3) is 5.99. The van der Waals surface area contributed by atoms with Crippen LogP contribution in [0.4, 0.5) is 11.5 Å². The molecule has 21 heavy (non-hydrogen) atoms. The lowest BCUT2D eigenvalue weighted by atomic mass is 10.1. The van der Waals surface area contributed by atoms with Crippen LogP contribution in [0.2, 0.25) is 0 Å². The van der Waals surface area contributed by atoms with Crippen LogP contribution in [0.3, 0.4) is 0 Å². The largest absolute Gasteiger partial charge is 0.340 e. The lowest BCUT2D eigenvalue weighted by molar-refractivity contribution is 0.607. The van der Waals surface area contributed by atoms with Crippen molar-refractivity contribution in [3.63, 3.8) is 0 Å². The zero-order valence-corrected chi connectivity index (χ0v) is 13.0. The predicted molar refractivity (Wildman–Crippen MR) is 91.0 cm³/mol. The topological polar surface area (TPSA) is 24.9 Å². The summed E-state index contributed by atoms with van der Waals surface area (Å²) < 4.78 is 0. The van der Waals surface area contributed by atoms with E-state index >= 15 is 0 Å². The highest BCUT2D eigenvalue weighted by atomic mass is 15.0. The quantitative estimate of drug-likeness (QED) is 0.594. The molecule has 112 valence electrons. The van der Waals surface area contributed by atoms with Gasteiger partial charge in [-0.05, 0) is 42.7 Å². The third-order valence-electron chi connectivity index (χ3n) is 3.69. The Bertz CT molecular complexity index is 508. The molecular weight excluding hydrogens is 256 g/mol. The molecule has 2 aromatic rings. The molecule has 1 aromatic carbocycles. The van der Waals surface area contributed by atoms with Gasteiger partial charge in [-0.2, -0.15) is 0 Å². The second kappa shape index (κ2) is 9.17. The SMILES string of the molecule is CCCCCCCCc1ccnc(Nc2ccccc2)c1. The van der Waals surface area contributed by atoms with E-state index in [0.717, 1.165) is 17.9 Å². The van der Waals surface area contributed by atoms with E-state index in [9.17, 15) is 0 Å². The van der Waals surface area contributed by atoms with Gasteiger partial charge in [-0.15, -0.1) is 0 Å². The van der Waals surface area contributed by atoms with E-state index in [1.54, 1.807) is 0 Å². The van der Waals surface area contributed by atoms with E-state index in [1.165, 1.54) is 44.1 Å².